The molecule has 0 saturated carbocycles. The Hall–Kier alpha value is -0.117. The summed E-state index contributed by atoms with van der Waals surface area (Å²) in [7, 11) is 0. The Morgan fingerprint density at radius 1 is 0.706 bits per heavy atom. The topological polar surface area (TPSA) is 24.7 Å². The van der Waals surface area contributed by atoms with Crippen molar-refractivity contribution in [2.45, 2.75) is 79.3 Å². The molecule has 0 fully saturated rings. The van der Waals surface area contributed by atoms with Crippen molar-refractivity contribution in [1.82, 2.24) is 0 Å². The fourth-order valence-electron chi connectivity index (χ4n) is 1.51. The van der Waals surface area contributed by atoms with Crippen LogP contribution in [0.2, 0.25) is 0 Å². The average molecular weight is 297 g/mol. The third kappa shape index (κ3) is 9.57. The summed E-state index contributed by atoms with van der Waals surface area (Å²) in [6.07, 6.45) is 1.92. The largest absolute Gasteiger partial charge is 0.282 e. The van der Waals surface area contributed by atoms with E-state index in [9.17, 15) is 0 Å². The van der Waals surface area contributed by atoms with Gasteiger partial charge in [-0.3, -0.25) is 9.98 Å². The maximum Gasteiger partial charge on any atom is 0.0562 e. The molecule has 0 aliphatic carbocycles. The van der Waals surface area contributed by atoms with E-state index in [2.05, 4.69) is 55.4 Å². The maximum absolute atomic E-state index is 4.77. The molecule has 0 aliphatic rings. The quantitative estimate of drug-likeness (QED) is 0.557. The first kappa shape index (κ1) is 19.2. The van der Waals surface area contributed by atoms with E-state index in [1.807, 2.05) is 0 Å². The zero-order valence-electron chi connectivity index (χ0n) is 12.8. The second-order valence-corrected chi connectivity index (χ2v) is 6.17. The normalized spacial score (nSPS) is 14.6. The van der Waals surface area contributed by atoms with Crippen molar-refractivity contribution in [2.75, 3.05) is 0 Å². The third-order valence-corrected chi connectivity index (χ3v) is 1.94. The van der Waals surface area contributed by atoms with Gasteiger partial charge >= 0.3 is 0 Å². The summed E-state index contributed by atoms with van der Waals surface area (Å²) in [6, 6.07) is 0. The zero-order valence-corrected chi connectivity index (χ0v) is 14.9. The van der Waals surface area contributed by atoms with E-state index in [1.165, 1.54) is 0 Å². The first-order chi connectivity index (χ1) is 7.09. The Kier molecular flexibility index (Phi) is 8.31. The van der Waals surface area contributed by atoms with E-state index < -0.39 is 0 Å². The Balaban J connectivity index is 0. The minimum Gasteiger partial charge on any atom is -0.282 e. The molecule has 98 valence electrons. The van der Waals surface area contributed by atoms with Crippen molar-refractivity contribution in [1.29, 1.82) is 0 Å². The summed E-state index contributed by atoms with van der Waals surface area (Å²) in [5.41, 5.74) is 2.29. The van der Waals surface area contributed by atoms with Gasteiger partial charge in [-0.1, -0.05) is 13.8 Å². The minimum absolute atomic E-state index is 0. The molecule has 0 spiro atoms. The molecule has 4 radical (unpaired) electrons. The van der Waals surface area contributed by atoms with Crippen LogP contribution in [0.4, 0.5) is 0 Å². The van der Waals surface area contributed by atoms with Crippen LogP contribution in [0.25, 0.3) is 0 Å². The van der Waals surface area contributed by atoms with E-state index in [4.69, 9.17) is 9.98 Å². The molecule has 0 heterocycles. The molecule has 2 nitrogen and oxygen atoms in total. The molecule has 0 aromatic rings. The Morgan fingerprint density at radius 3 is 1.06 bits per heavy atom. The molecular formula is C14H28GeN2. The molecule has 0 rings (SSSR count). The molecule has 0 aromatic heterocycles. The second kappa shape index (κ2) is 7.35. The molecule has 0 atom stereocenters. The number of aliphatic imine (C=N–C) groups is 2. The average Bonchev–Trinajstić information content (AvgIpc) is 2.07. The van der Waals surface area contributed by atoms with Gasteiger partial charge in [-0.15, -0.1) is 0 Å². The molecule has 0 bridgehead atoms. The van der Waals surface area contributed by atoms with Crippen LogP contribution in [0.15, 0.2) is 9.98 Å². The summed E-state index contributed by atoms with van der Waals surface area (Å²) >= 11 is 0. The van der Waals surface area contributed by atoms with E-state index in [1.54, 1.807) is 0 Å². The summed E-state index contributed by atoms with van der Waals surface area (Å²) in [4.78, 5) is 9.54. The minimum atomic E-state index is -0.0147. The van der Waals surface area contributed by atoms with Gasteiger partial charge in [0.2, 0.25) is 0 Å². The molecule has 0 amide bonds. The van der Waals surface area contributed by atoms with Crippen LogP contribution in [0.5, 0.6) is 0 Å². The van der Waals surface area contributed by atoms with Gasteiger partial charge in [-0.2, -0.15) is 0 Å². The standard InChI is InChI=1S/C14H28N2.Ge/c1-9-11(15-13(3,4)5)12(10-2)16-14(6,7)8;/h9-10H2,1-8H3;. The van der Waals surface area contributed by atoms with Crippen LogP contribution in [0.3, 0.4) is 0 Å². The molecule has 17 heavy (non-hydrogen) atoms. The predicted octanol–water partition coefficient (Wildman–Crippen LogP) is 3.90. The van der Waals surface area contributed by atoms with E-state index in [0.29, 0.717) is 0 Å². The van der Waals surface area contributed by atoms with Crippen molar-refractivity contribution in [3.8, 4) is 0 Å². The zero-order chi connectivity index (χ0) is 13.0. The summed E-state index contributed by atoms with van der Waals surface area (Å²) in [6.45, 7) is 17.1. The van der Waals surface area contributed by atoms with Crippen LogP contribution in [0, 0.1) is 0 Å². The maximum atomic E-state index is 4.77. The Morgan fingerprint density at radius 2 is 0.941 bits per heavy atom. The summed E-state index contributed by atoms with van der Waals surface area (Å²) in [5, 5.41) is 0. The summed E-state index contributed by atoms with van der Waals surface area (Å²) < 4.78 is 0. The first-order valence-corrected chi connectivity index (χ1v) is 6.27. The van der Waals surface area contributed by atoms with Crippen molar-refractivity contribution < 1.29 is 0 Å². The number of hydrogen-bond acceptors (Lipinski definition) is 2. The SMILES string of the molecule is CCC(=NC(C)(C)C)C(CC)=NC(C)(C)C.[Ge]. The molecule has 0 N–H and O–H groups in total. The summed E-state index contributed by atoms with van der Waals surface area (Å²) in [5.74, 6) is 0. The van der Waals surface area contributed by atoms with Crippen molar-refractivity contribution >= 4 is 29.0 Å². The van der Waals surface area contributed by atoms with Gasteiger partial charge in [-0.05, 0) is 54.4 Å². The fraction of sp³-hybridized carbons (Fsp3) is 0.857. The van der Waals surface area contributed by atoms with Crippen LogP contribution in [0.1, 0.15) is 68.2 Å². The third-order valence-electron chi connectivity index (χ3n) is 1.94. The smallest absolute Gasteiger partial charge is 0.0562 e. The van der Waals surface area contributed by atoms with E-state index in [0.717, 1.165) is 24.3 Å². The Labute approximate surface area is 118 Å². The fourth-order valence-corrected chi connectivity index (χ4v) is 1.51. The van der Waals surface area contributed by atoms with E-state index in [-0.39, 0.29) is 28.7 Å². The van der Waals surface area contributed by atoms with Gasteiger partial charge in [0.25, 0.3) is 0 Å². The van der Waals surface area contributed by atoms with Crippen LogP contribution in [-0.2, 0) is 0 Å². The predicted molar refractivity (Wildman–Crippen MR) is 80.7 cm³/mol. The Bertz CT molecular complexity index is 248. The van der Waals surface area contributed by atoms with Gasteiger partial charge in [0.1, 0.15) is 0 Å². The molecule has 0 saturated heterocycles. The van der Waals surface area contributed by atoms with E-state index >= 15 is 0 Å². The van der Waals surface area contributed by atoms with Gasteiger partial charge in [0.05, 0.1) is 22.5 Å². The van der Waals surface area contributed by atoms with Crippen molar-refractivity contribution in [3.63, 3.8) is 0 Å². The molecular weight excluding hydrogens is 269 g/mol. The number of rotatable bonds is 3. The van der Waals surface area contributed by atoms with Crippen LogP contribution < -0.4 is 0 Å². The second-order valence-electron chi connectivity index (χ2n) is 6.17. The first-order valence-electron chi connectivity index (χ1n) is 6.27. The number of hydrogen-bond donors (Lipinski definition) is 0. The van der Waals surface area contributed by atoms with Gasteiger partial charge in [0.15, 0.2) is 0 Å². The van der Waals surface area contributed by atoms with Gasteiger partial charge in [-0.25, -0.2) is 0 Å². The molecule has 0 unspecified atom stereocenters. The van der Waals surface area contributed by atoms with Crippen LogP contribution in [-0.4, -0.2) is 40.1 Å². The van der Waals surface area contributed by atoms with Crippen molar-refractivity contribution in [3.05, 3.63) is 0 Å². The van der Waals surface area contributed by atoms with Crippen molar-refractivity contribution in [2.24, 2.45) is 9.98 Å². The molecule has 0 aromatic carbocycles. The monoisotopic (exact) mass is 298 g/mol. The number of nitrogens with zero attached hydrogens (tertiary/aromatic N) is 2. The molecule has 0 aliphatic heterocycles. The van der Waals surface area contributed by atoms with Gasteiger partial charge in [0, 0.05) is 17.6 Å². The van der Waals surface area contributed by atoms with Crippen LogP contribution >= 0.6 is 0 Å². The van der Waals surface area contributed by atoms with Gasteiger partial charge < -0.3 is 0 Å². The molecule has 3 heteroatoms.